The number of rotatable bonds is 2. The third kappa shape index (κ3) is 2.04. The average molecular weight is 154 g/mol. The summed E-state index contributed by atoms with van der Waals surface area (Å²) in [5.41, 5.74) is 0.366. The van der Waals surface area contributed by atoms with Crippen LogP contribution < -0.4 is 0 Å². The Bertz CT molecular complexity index is 233. The van der Waals surface area contributed by atoms with E-state index in [0.29, 0.717) is 5.56 Å². The van der Waals surface area contributed by atoms with Crippen LogP contribution in [-0.4, -0.2) is 12.8 Å². The molecule has 0 aliphatic carbocycles. The second kappa shape index (κ2) is 3.71. The molecule has 0 amide bonds. The lowest BCUT2D eigenvalue weighted by Crippen LogP contribution is -2.02. The molecular formula is C8H7FO2. The van der Waals surface area contributed by atoms with Crippen LogP contribution in [0.3, 0.4) is 0 Å². The lowest BCUT2D eigenvalue weighted by Gasteiger charge is -1.97. The number of esters is 1. The first-order chi connectivity index (χ1) is 5.34. The van der Waals surface area contributed by atoms with Gasteiger partial charge in [0, 0.05) is 0 Å². The fraction of sp³-hybridized carbons (Fsp3) is 0.125. The van der Waals surface area contributed by atoms with Crippen molar-refractivity contribution in [2.75, 3.05) is 6.86 Å². The molecule has 0 heterocycles. The van der Waals surface area contributed by atoms with Gasteiger partial charge in [-0.05, 0) is 12.1 Å². The Labute approximate surface area is 63.6 Å². The van der Waals surface area contributed by atoms with Crippen LogP contribution in [0.4, 0.5) is 4.39 Å². The van der Waals surface area contributed by atoms with Gasteiger partial charge in [-0.25, -0.2) is 9.18 Å². The van der Waals surface area contributed by atoms with Crippen LogP contribution in [0.15, 0.2) is 30.3 Å². The van der Waals surface area contributed by atoms with Crippen molar-refractivity contribution in [1.29, 1.82) is 0 Å². The molecule has 0 fully saturated rings. The lowest BCUT2D eigenvalue weighted by atomic mass is 10.2. The Morgan fingerprint density at radius 3 is 2.55 bits per heavy atom. The molecule has 2 nitrogen and oxygen atoms in total. The molecule has 0 atom stereocenters. The summed E-state index contributed by atoms with van der Waals surface area (Å²) in [6, 6.07) is 8.28. The summed E-state index contributed by atoms with van der Waals surface area (Å²) in [5.74, 6) is -0.631. The molecule has 0 saturated heterocycles. The average Bonchev–Trinajstić information content (AvgIpc) is 2.07. The van der Waals surface area contributed by atoms with Crippen LogP contribution in [0.1, 0.15) is 10.4 Å². The van der Waals surface area contributed by atoms with E-state index in [4.69, 9.17) is 0 Å². The standard InChI is InChI=1S/C8H7FO2/c9-6-11-8(10)7-4-2-1-3-5-7/h1-5H,6H2. The fourth-order valence-electron chi connectivity index (χ4n) is 0.707. The summed E-state index contributed by atoms with van der Waals surface area (Å²) in [4.78, 5) is 10.8. The Balaban J connectivity index is 2.69. The SMILES string of the molecule is O=C(OCF)c1ccccc1. The molecule has 3 heteroatoms. The summed E-state index contributed by atoms with van der Waals surface area (Å²) in [6.07, 6.45) is 0. The van der Waals surface area contributed by atoms with E-state index in [-0.39, 0.29) is 0 Å². The number of benzene rings is 1. The number of hydrogen-bond donors (Lipinski definition) is 0. The van der Waals surface area contributed by atoms with Crippen LogP contribution in [0.25, 0.3) is 0 Å². The van der Waals surface area contributed by atoms with Crippen molar-refractivity contribution in [2.45, 2.75) is 0 Å². The molecule has 1 aromatic carbocycles. The van der Waals surface area contributed by atoms with E-state index in [0.717, 1.165) is 0 Å². The van der Waals surface area contributed by atoms with Crippen molar-refractivity contribution in [3.05, 3.63) is 35.9 Å². The number of carbonyl (C=O) groups is 1. The molecule has 0 saturated carbocycles. The van der Waals surface area contributed by atoms with Gasteiger partial charge in [-0.1, -0.05) is 18.2 Å². The summed E-state index contributed by atoms with van der Waals surface area (Å²) in [5, 5.41) is 0. The first-order valence-corrected chi connectivity index (χ1v) is 3.12. The van der Waals surface area contributed by atoms with Crippen LogP contribution in [0, 0.1) is 0 Å². The molecule has 11 heavy (non-hydrogen) atoms. The molecule has 0 N–H and O–H groups in total. The summed E-state index contributed by atoms with van der Waals surface area (Å²) in [6.45, 7) is -1.08. The highest BCUT2D eigenvalue weighted by Gasteiger charge is 2.03. The van der Waals surface area contributed by atoms with Gasteiger partial charge >= 0.3 is 5.97 Å². The second-order valence-corrected chi connectivity index (χ2v) is 1.91. The highest BCUT2D eigenvalue weighted by molar-refractivity contribution is 5.89. The van der Waals surface area contributed by atoms with Crippen LogP contribution >= 0.6 is 0 Å². The minimum atomic E-state index is -1.08. The smallest absolute Gasteiger partial charge is 0.340 e. The Morgan fingerprint density at radius 1 is 1.36 bits per heavy atom. The number of alkyl halides is 1. The predicted molar refractivity (Wildman–Crippen MR) is 37.8 cm³/mol. The predicted octanol–water partition coefficient (Wildman–Crippen LogP) is 1.77. The van der Waals surface area contributed by atoms with Crippen LogP contribution in [-0.2, 0) is 4.74 Å². The first-order valence-electron chi connectivity index (χ1n) is 3.12. The third-order valence-electron chi connectivity index (χ3n) is 1.20. The highest BCUT2D eigenvalue weighted by atomic mass is 19.1. The largest absolute Gasteiger partial charge is 0.430 e. The lowest BCUT2D eigenvalue weighted by molar-refractivity contribution is 0.0324. The minimum Gasteiger partial charge on any atom is -0.430 e. The Morgan fingerprint density at radius 2 is 2.00 bits per heavy atom. The van der Waals surface area contributed by atoms with E-state index < -0.39 is 12.8 Å². The second-order valence-electron chi connectivity index (χ2n) is 1.91. The quantitative estimate of drug-likeness (QED) is 0.607. The Kier molecular flexibility index (Phi) is 2.60. The molecular weight excluding hydrogens is 147 g/mol. The Hall–Kier alpha value is -1.38. The van der Waals surface area contributed by atoms with Crippen molar-refractivity contribution in [3.63, 3.8) is 0 Å². The van der Waals surface area contributed by atoms with Gasteiger partial charge in [-0.3, -0.25) is 0 Å². The molecule has 0 aromatic heterocycles. The maximum absolute atomic E-state index is 11.5. The zero-order chi connectivity index (χ0) is 8.10. The maximum atomic E-state index is 11.5. The van der Waals surface area contributed by atoms with Gasteiger partial charge in [-0.2, -0.15) is 0 Å². The van der Waals surface area contributed by atoms with Gasteiger partial charge in [0.15, 0.2) is 0 Å². The van der Waals surface area contributed by atoms with E-state index in [1.54, 1.807) is 30.3 Å². The van der Waals surface area contributed by atoms with E-state index >= 15 is 0 Å². The maximum Gasteiger partial charge on any atom is 0.340 e. The van der Waals surface area contributed by atoms with Gasteiger partial charge in [-0.15, -0.1) is 0 Å². The van der Waals surface area contributed by atoms with Crippen molar-refractivity contribution in [1.82, 2.24) is 0 Å². The van der Waals surface area contributed by atoms with E-state index in [9.17, 15) is 9.18 Å². The number of carbonyl (C=O) groups excluding carboxylic acids is 1. The zero-order valence-electron chi connectivity index (χ0n) is 5.79. The van der Waals surface area contributed by atoms with Crippen molar-refractivity contribution < 1.29 is 13.9 Å². The fourth-order valence-corrected chi connectivity index (χ4v) is 0.707. The van der Waals surface area contributed by atoms with Gasteiger partial charge in [0.1, 0.15) is 0 Å². The first kappa shape index (κ1) is 7.72. The molecule has 0 spiro atoms. The molecule has 58 valence electrons. The molecule has 0 aliphatic rings. The molecule has 0 unspecified atom stereocenters. The van der Waals surface area contributed by atoms with Crippen molar-refractivity contribution >= 4 is 5.97 Å². The summed E-state index contributed by atoms with van der Waals surface area (Å²) < 4.78 is 15.6. The molecule has 0 bridgehead atoms. The molecule has 0 aliphatic heterocycles. The van der Waals surface area contributed by atoms with Crippen molar-refractivity contribution in [3.8, 4) is 0 Å². The van der Waals surface area contributed by atoms with Crippen molar-refractivity contribution in [2.24, 2.45) is 0 Å². The summed E-state index contributed by atoms with van der Waals surface area (Å²) >= 11 is 0. The van der Waals surface area contributed by atoms with Gasteiger partial charge in [0.2, 0.25) is 6.86 Å². The van der Waals surface area contributed by atoms with Crippen LogP contribution in [0.2, 0.25) is 0 Å². The van der Waals surface area contributed by atoms with E-state index in [1.807, 2.05) is 0 Å². The van der Waals surface area contributed by atoms with E-state index in [2.05, 4.69) is 4.74 Å². The minimum absolute atomic E-state index is 0.366. The monoisotopic (exact) mass is 154 g/mol. The molecule has 1 aromatic rings. The number of ether oxygens (including phenoxy) is 1. The molecule has 0 radical (unpaired) electrons. The van der Waals surface area contributed by atoms with Gasteiger partial charge < -0.3 is 4.74 Å². The molecule has 1 rings (SSSR count). The van der Waals surface area contributed by atoms with Crippen LogP contribution in [0.5, 0.6) is 0 Å². The normalized spacial score (nSPS) is 9.18. The number of hydrogen-bond acceptors (Lipinski definition) is 2. The topological polar surface area (TPSA) is 26.3 Å². The summed E-state index contributed by atoms with van der Waals surface area (Å²) in [7, 11) is 0. The van der Waals surface area contributed by atoms with E-state index in [1.165, 1.54) is 0 Å². The van der Waals surface area contributed by atoms with Gasteiger partial charge in [0.25, 0.3) is 0 Å². The third-order valence-corrected chi connectivity index (χ3v) is 1.20. The zero-order valence-corrected chi connectivity index (χ0v) is 5.79. The number of halogens is 1. The van der Waals surface area contributed by atoms with Gasteiger partial charge in [0.05, 0.1) is 5.56 Å². The highest BCUT2D eigenvalue weighted by Crippen LogP contribution is 2.00.